The first-order valence-corrected chi connectivity index (χ1v) is 7.74. The lowest BCUT2D eigenvalue weighted by Gasteiger charge is -2.43. The lowest BCUT2D eigenvalue weighted by Crippen LogP contribution is -2.53. The number of hydrogen-bond acceptors (Lipinski definition) is 2. The van der Waals surface area contributed by atoms with Gasteiger partial charge in [0.15, 0.2) is 0 Å². The first-order chi connectivity index (χ1) is 8.82. The molecular weight excluding hydrogens is 222 g/mol. The molecule has 0 spiro atoms. The van der Waals surface area contributed by atoms with E-state index in [1.165, 1.54) is 64.2 Å². The number of allylic oxidation sites excluding steroid dienone is 1. The van der Waals surface area contributed by atoms with Crippen molar-refractivity contribution in [3.05, 3.63) is 11.6 Å². The van der Waals surface area contributed by atoms with Crippen molar-refractivity contribution in [1.82, 2.24) is 5.32 Å². The maximum absolute atomic E-state index is 6.02. The number of nitrogens with one attached hydrogen (secondary N) is 1. The van der Waals surface area contributed by atoms with Crippen LogP contribution in [0.25, 0.3) is 0 Å². The van der Waals surface area contributed by atoms with Crippen LogP contribution in [0, 0.1) is 0 Å². The molecule has 0 aliphatic heterocycles. The van der Waals surface area contributed by atoms with Crippen molar-refractivity contribution in [1.29, 1.82) is 0 Å². The van der Waals surface area contributed by atoms with Crippen LogP contribution >= 0.6 is 0 Å². The third-order valence-corrected chi connectivity index (χ3v) is 4.87. The molecule has 0 saturated heterocycles. The summed E-state index contributed by atoms with van der Waals surface area (Å²) in [6.45, 7) is 0. The molecule has 0 aromatic heterocycles. The summed E-state index contributed by atoms with van der Waals surface area (Å²) in [4.78, 5) is 0. The Hall–Kier alpha value is -0.340. The van der Waals surface area contributed by atoms with Gasteiger partial charge in [-0.3, -0.25) is 0 Å². The third kappa shape index (κ3) is 2.97. The summed E-state index contributed by atoms with van der Waals surface area (Å²) >= 11 is 0. The normalized spacial score (nSPS) is 26.2. The minimum Gasteiger partial charge on any atom is -0.376 e. The van der Waals surface area contributed by atoms with Gasteiger partial charge >= 0.3 is 0 Å². The molecule has 1 N–H and O–H groups in total. The van der Waals surface area contributed by atoms with E-state index in [1.807, 2.05) is 7.11 Å². The minimum absolute atomic E-state index is 0.0587. The SMILES string of the molecule is CNC(C1=CCCCCC1)C1(OC)CCCCC1. The summed E-state index contributed by atoms with van der Waals surface area (Å²) in [6.07, 6.45) is 15.5. The highest BCUT2D eigenvalue weighted by Gasteiger charge is 2.40. The molecule has 0 amide bonds. The quantitative estimate of drug-likeness (QED) is 0.767. The molecule has 2 heteroatoms. The average molecular weight is 251 g/mol. The van der Waals surface area contributed by atoms with Crippen LogP contribution in [0.15, 0.2) is 11.6 Å². The Morgan fingerprint density at radius 2 is 1.83 bits per heavy atom. The van der Waals surface area contributed by atoms with E-state index in [2.05, 4.69) is 18.4 Å². The van der Waals surface area contributed by atoms with E-state index in [0.717, 1.165) is 0 Å². The van der Waals surface area contributed by atoms with Crippen LogP contribution in [0.3, 0.4) is 0 Å². The molecule has 0 radical (unpaired) electrons. The summed E-state index contributed by atoms with van der Waals surface area (Å²) < 4.78 is 6.02. The fraction of sp³-hybridized carbons (Fsp3) is 0.875. The molecule has 0 heterocycles. The van der Waals surface area contributed by atoms with Gasteiger partial charge in [-0.15, -0.1) is 0 Å². The fourth-order valence-corrected chi connectivity index (χ4v) is 3.85. The molecule has 2 nitrogen and oxygen atoms in total. The summed E-state index contributed by atoms with van der Waals surface area (Å²) in [5.41, 5.74) is 1.67. The van der Waals surface area contributed by atoms with Crippen LogP contribution in [0.5, 0.6) is 0 Å². The molecule has 0 bridgehead atoms. The number of rotatable bonds is 4. The zero-order valence-corrected chi connectivity index (χ0v) is 12.1. The van der Waals surface area contributed by atoms with E-state index >= 15 is 0 Å². The smallest absolute Gasteiger partial charge is 0.0869 e. The van der Waals surface area contributed by atoms with Crippen LogP contribution in [0.4, 0.5) is 0 Å². The molecule has 18 heavy (non-hydrogen) atoms. The second-order valence-corrected chi connectivity index (χ2v) is 5.93. The van der Waals surface area contributed by atoms with Gasteiger partial charge in [0.25, 0.3) is 0 Å². The molecular formula is C16H29NO. The van der Waals surface area contributed by atoms with Gasteiger partial charge in [0, 0.05) is 7.11 Å². The minimum atomic E-state index is 0.0587. The van der Waals surface area contributed by atoms with Gasteiger partial charge in [-0.05, 0) is 45.6 Å². The molecule has 1 fully saturated rings. The largest absolute Gasteiger partial charge is 0.376 e. The van der Waals surface area contributed by atoms with Crippen molar-refractivity contribution in [3.63, 3.8) is 0 Å². The van der Waals surface area contributed by atoms with Crippen molar-refractivity contribution in [2.75, 3.05) is 14.2 Å². The molecule has 0 aromatic carbocycles. The molecule has 2 aliphatic rings. The standard InChI is InChI=1S/C16H29NO/c1-17-15(14-10-6-3-4-7-11-14)16(18-2)12-8-5-9-13-16/h10,15,17H,3-9,11-13H2,1-2H3. The Kier molecular flexibility index (Phi) is 5.25. The Balaban J connectivity index is 2.16. The van der Waals surface area contributed by atoms with Crippen LogP contribution < -0.4 is 5.32 Å². The zero-order chi connectivity index (χ0) is 12.8. The highest BCUT2D eigenvalue weighted by Crippen LogP contribution is 2.38. The number of likely N-dealkylation sites (N-methyl/N-ethyl adjacent to an activating group) is 1. The maximum atomic E-state index is 6.02. The Bertz CT molecular complexity index is 279. The summed E-state index contributed by atoms with van der Waals surface area (Å²) in [5.74, 6) is 0. The van der Waals surface area contributed by atoms with Crippen LogP contribution in [0.2, 0.25) is 0 Å². The predicted molar refractivity (Wildman–Crippen MR) is 76.8 cm³/mol. The highest BCUT2D eigenvalue weighted by molar-refractivity contribution is 5.19. The first-order valence-electron chi connectivity index (χ1n) is 7.74. The summed E-state index contributed by atoms with van der Waals surface area (Å²) in [6, 6.07) is 0.431. The van der Waals surface area contributed by atoms with Gasteiger partial charge in [-0.1, -0.05) is 37.3 Å². The van der Waals surface area contributed by atoms with E-state index in [9.17, 15) is 0 Å². The van der Waals surface area contributed by atoms with Gasteiger partial charge in [-0.25, -0.2) is 0 Å². The van der Waals surface area contributed by atoms with Crippen molar-refractivity contribution in [2.24, 2.45) is 0 Å². The molecule has 2 aliphatic carbocycles. The van der Waals surface area contributed by atoms with Gasteiger partial charge in [-0.2, -0.15) is 0 Å². The average Bonchev–Trinajstić information content (AvgIpc) is 2.70. The van der Waals surface area contributed by atoms with Gasteiger partial charge in [0.1, 0.15) is 0 Å². The third-order valence-electron chi connectivity index (χ3n) is 4.87. The predicted octanol–water partition coefficient (Wildman–Crippen LogP) is 3.81. The number of ether oxygens (including phenoxy) is 1. The fourth-order valence-electron chi connectivity index (χ4n) is 3.85. The van der Waals surface area contributed by atoms with Crippen LogP contribution in [0.1, 0.15) is 64.2 Å². The number of hydrogen-bond donors (Lipinski definition) is 1. The zero-order valence-electron chi connectivity index (χ0n) is 12.1. The molecule has 1 unspecified atom stereocenters. The second-order valence-electron chi connectivity index (χ2n) is 5.93. The number of methoxy groups -OCH3 is 1. The molecule has 0 aromatic rings. The van der Waals surface area contributed by atoms with Gasteiger partial charge < -0.3 is 10.1 Å². The van der Waals surface area contributed by atoms with Gasteiger partial charge in [0.05, 0.1) is 11.6 Å². The van der Waals surface area contributed by atoms with Crippen molar-refractivity contribution in [2.45, 2.75) is 75.9 Å². The van der Waals surface area contributed by atoms with E-state index in [4.69, 9.17) is 4.74 Å². The van der Waals surface area contributed by atoms with E-state index in [0.29, 0.717) is 6.04 Å². The van der Waals surface area contributed by atoms with E-state index in [-0.39, 0.29) is 5.60 Å². The lowest BCUT2D eigenvalue weighted by molar-refractivity contribution is -0.0577. The molecule has 1 saturated carbocycles. The van der Waals surface area contributed by atoms with Crippen molar-refractivity contribution < 1.29 is 4.74 Å². The second kappa shape index (κ2) is 6.72. The highest BCUT2D eigenvalue weighted by atomic mass is 16.5. The first kappa shape index (κ1) is 14.1. The van der Waals surface area contributed by atoms with Gasteiger partial charge in [0.2, 0.25) is 0 Å². The van der Waals surface area contributed by atoms with E-state index in [1.54, 1.807) is 5.57 Å². The Morgan fingerprint density at radius 1 is 1.11 bits per heavy atom. The van der Waals surface area contributed by atoms with Crippen molar-refractivity contribution >= 4 is 0 Å². The molecule has 2 rings (SSSR count). The lowest BCUT2D eigenvalue weighted by atomic mass is 9.75. The van der Waals surface area contributed by atoms with Crippen molar-refractivity contribution in [3.8, 4) is 0 Å². The topological polar surface area (TPSA) is 21.3 Å². The Morgan fingerprint density at radius 3 is 2.50 bits per heavy atom. The molecule has 104 valence electrons. The Labute approximate surface area is 112 Å². The maximum Gasteiger partial charge on any atom is 0.0869 e. The summed E-state index contributed by atoms with van der Waals surface area (Å²) in [7, 11) is 4.01. The van der Waals surface area contributed by atoms with Crippen LogP contribution in [-0.2, 0) is 4.74 Å². The van der Waals surface area contributed by atoms with Crippen LogP contribution in [-0.4, -0.2) is 25.8 Å². The molecule has 1 atom stereocenters. The monoisotopic (exact) mass is 251 g/mol. The summed E-state index contributed by atoms with van der Waals surface area (Å²) in [5, 5.41) is 3.57. The van der Waals surface area contributed by atoms with E-state index < -0.39 is 0 Å².